The number of unbranched alkanes of at least 4 members (excludes halogenated alkanes) is 9. The van der Waals surface area contributed by atoms with Crippen LogP contribution in [0, 0.1) is 0 Å². The van der Waals surface area contributed by atoms with Crippen molar-refractivity contribution in [2.45, 2.75) is 84.7 Å². The summed E-state index contributed by atoms with van der Waals surface area (Å²) in [5.41, 5.74) is 0. The Morgan fingerprint density at radius 1 is 0.562 bits per heavy atom. The molecule has 0 radical (unpaired) electrons. The summed E-state index contributed by atoms with van der Waals surface area (Å²) in [6.07, 6.45) is 14.4. The first-order chi connectivity index (χ1) is 7.65. The van der Waals surface area contributed by atoms with Gasteiger partial charge in [0.25, 0.3) is 0 Å². The molecule has 0 N–H and O–H groups in total. The Labute approximate surface area is 98.6 Å². The molecule has 0 aromatic rings. The van der Waals surface area contributed by atoms with Crippen molar-refractivity contribution in [1.29, 1.82) is 0 Å². The van der Waals surface area contributed by atoms with Crippen molar-refractivity contribution in [2.75, 3.05) is 0 Å². The molecule has 0 unspecified atom stereocenters. The van der Waals surface area contributed by atoms with Crippen molar-refractivity contribution < 1.29 is 13.2 Å². The summed E-state index contributed by atoms with van der Waals surface area (Å²) in [4.78, 5) is 0. The molecule has 0 nitrogen and oxygen atoms in total. The van der Waals surface area contributed by atoms with Crippen molar-refractivity contribution in [3.63, 3.8) is 0 Å². The molecule has 0 aliphatic carbocycles. The average molecular weight is 240 g/mol. The van der Waals surface area contributed by atoms with E-state index in [1.807, 2.05) is 0 Å². The van der Waals surface area contributed by atoms with Gasteiger partial charge in [-0.15, -0.1) is 0 Å². The Morgan fingerprint density at radius 2 is 0.750 bits per heavy atom. The molecule has 0 aliphatic heterocycles. The van der Waals surface area contributed by atoms with Crippen LogP contribution >= 0.6 is 0 Å². The van der Waals surface area contributed by atoms with Crippen LogP contribution in [0.1, 0.15) is 78.1 Å². The highest BCUT2D eigenvalue weighted by Crippen LogP contribution is 2.09. The number of hydrogen-bond acceptors (Lipinski definition) is 0. The smallest absolute Gasteiger partial charge is 0.174 e. The maximum atomic E-state index is 9.67. The first-order valence-corrected chi connectivity index (χ1v) is 6.57. The molecule has 0 bridgehead atoms. The Morgan fingerprint density at radius 3 is 0.938 bits per heavy atom. The molecule has 0 aliphatic rings. The van der Waals surface area contributed by atoms with Gasteiger partial charge >= 0.3 is 6.68 Å². The lowest BCUT2D eigenvalue weighted by Crippen LogP contribution is -1.80. The van der Waals surface area contributed by atoms with E-state index in [2.05, 4.69) is 13.8 Å². The summed E-state index contributed by atoms with van der Waals surface area (Å²) >= 11 is 0. The van der Waals surface area contributed by atoms with Crippen LogP contribution in [0.2, 0.25) is 0 Å². The molecule has 0 amide bonds. The van der Waals surface area contributed by atoms with Gasteiger partial charge in [-0.25, -0.2) is 0 Å². The van der Waals surface area contributed by atoms with Crippen LogP contribution in [-0.4, -0.2) is 6.68 Å². The summed E-state index contributed by atoms with van der Waals surface area (Å²) in [6, 6.07) is 0. The predicted octanol–water partition coefficient (Wildman–Crippen LogP) is 6.11. The van der Waals surface area contributed by atoms with Gasteiger partial charge in [0, 0.05) is 0 Å². The normalized spacial score (nSPS) is 10.1. The fourth-order valence-corrected chi connectivity index (χ4v) is 1.56. The molecule has 3 heteroatoms. The van der Waals surface area contributed by atoms with Crippen molar-refractivity contribution in [3.8, 4) is 0 Å². The number of hydrogen-bond donors (Lipinski definition) is 0. The first kappa shape index (κ1) is 18.2. The van der Waals surface area contributed by atoms with E-state index in [0.717, 1.165) is 0 Å². The van der Waals surface area contributed by atoms with Gasteiger partial charge < -0.3 is 0 Å². The van der Waals surface area contributed by atoms with Gasteiger partial charge in [-0.05, 0) is 0 Å². The second-order valence-electron chi connectivity index (χ2n) is 4.08. The van der Waals surface area contributed by atoms with Crippen molar-refractivity contribution >= 4 is 0 Å². The molecule has 16 heavy (non-hydrogen) atoms. The Kier molecular flexibility index (Phi) is 19.5. The van der Waals surface area contributed by atoms with Crippen LogP contribution in [0.5, 0.6) is 0 Å². The van der Waals surface area contributed by atoms with Gasteiger partial charge in [0.2, 0.25) is 0 Å². The van der Waals surface area contributed by atoms with Crippen LogP contribution in [0.4, 0.5) is 13.2 Å². The van der Waals surface area contributed by atoms with E-state index in [9.17, 15) is 13.2 Å². The minimum absolute atomic E-state index is 1.37. The molecule has 0 rings (SSSR count). The van der Waals surface area contributed by atoms with E-state index in [4.69, 9.17) is 0 Å². The molecule has 100 valence electrons. The lowest BCUT2D eigenvalue weighted by molar-refractivity contribution is 0.00819. The Balaban J connectivity index is 0. The zero-order valence-corrected chi connectivity index (χ0v) is 10.8. The van der Waals surface area contributed by atoms with Gasteiger partial charge in [0.15, 0.2) is 0 Å². The monoisotopic (exact) mass is 240 g/mol. The molecule has 0 spiro atoms. The Hall–Kier alpha value is -0.210. The number of halogens is 3. The third-order valence-electron chi connectivity index (χ3n) is 2.46. The van der Waals surface area contributed by atoms with E-state index in [-0.39, 0.29) is 0 Å². The Bertz CT molecular complexity index is 92.6. The third-order valence-corrected chi connectivity index (χ3v) is 2.46. The van der Waals surface area contributed by atoms with E-state index in [0.29, 0.717) is 0 Å². The third kappa shape index (κ3) is 29.2. The summed E-state index contributed by atoms with van der Waals surface area (Å²) in [5, 5.41) is 0. The quantitative estimate of drug-likeness (QED) is 0.427. The van der Waals surface area contributed by atoms with Crippen molar-refractivity contribution in [3.05, 3.63) is 0 Å². The summed E-state index contributed by atoms with van der Waals surface area (Å²) in [7, 11) is 0. The standard InChI is InChI=1S/C12H26.CHF3/c1-3-5-7-9-11-12-10-8-6-4-2;2-1(3)4/h3-12H2,1-2H3;1H. The van der Waals surface area contributed by atoms with E-state index in [1.54, 1.807) is 0 Å². The minimum Gasteiger partial charge on any atom is -0.174 e. The second-order valence-corrected chi connectivity index (χ2v) is 4.08. The molecular formula is C13H27F3. The highest BCUT2D eigenvalue weighted by Gasteiger charge is 1.90. The lowest BCUT2D eigenvalue weighted by atomic mass is 10.1. The second kappa shape index (κ2) is 17.2. The summed E-state index contributed by atoms with van der Waals surface area (Å²) in [5.74, 6) is 0. The number of rotatable bonds is 9. The highest BCUT2D eigenvalue weighted by molar-refractivity contribution is 4.45. The minimum atomic E-state index is -3.67. The van der Waals surface area contributed by atoms with E-state index < -0.39 is 6.68 Å². The molecule has 0 heterocycles. The average Bonchev–Trinajstić information content (AvgIpc) is 2.21. The topological polar surface area (TPSA) is 0 Å². The largest absolute Gasteiger partial charge is 0.379 e. The van der Waals surface area contributed by atoms with Crippen molar-refractivity contribution in [2.24, 2.45) is 0 Å². The zero-order chi connectivity index (χ0) is 12.6. The zero-order valence-electron chi connectivity index (χ0n) is 10.8. The van der Waals surface area contributed by atoms with Gasteiger partial charge in [-0.1, -0.05) is 78.1 Å². The SMILES string of the molecule is CCCCCCCCCCCC.FC(F)F. The molecular weight excluding hydrogens is 213 g/mol. The molecule has 0 aromatic heterocycles. The lowest BCUT2D eigenvalue weighted by Gasteiger charge is -1.99. The van der Waals surface area contributed by atoms with Crippen LogP contribution in [0.15, 0.2) is 0 Å². The predicted molar refractivity (Wildman–Crippen MR) is 64.6 cm³/mol. The van der Waals surface area contributed by atoms with Gasteiger partial charge in [-0.2, -0.15) is 13.2 Å². The maximum absolute atomic E-state index is 9.67. The van der Waals surface area contributed by atoms with Crippen LogP contribution in [-0.2, 0) is 0 Å². The summed E-state index contributed by atoms with van der Waals surface area (Å²) in [6.45, 7) is 0.891. The molecule has 0 fully saturated rings. The highest BCUT2D eigenvalue weighted by atomic mass is 19.4. The molecule has 0 saturated heterocycles. The van der Waals surface area contributed by atoms with Gasteiger partial charge in [0.05, 0.1) is 0 Å². The van der Waals surface area contributed by atoms with Crippen LogP contribution < -0.4 is 0 Å². The maximum Gasteiger partial charge on any atom is 0.379 e. The fraction of sp³-hybridized carbons (Fsp3) is 1.00. The number of alkyl halides is 3. The molecule has 0 aromatic carbocycles. The van der Waals surface area contributed by atoms with Crippen molar-refractivity contribution in [1.82, 2.24) is 0 Å². The fourth-order valence-electron chi connectivity index (χ4n) is 1.56. The van der Waals surface area contributed by atoms with Gasteiger partial charge in [-0.3, -0.25) is 0 Å². The summed E-state index contributed by atoms with van der Waals surface area (Å²) < 4.78 is 29.0. The first-order valence-electron chi connectivity index (χ1n) is 6.57. The van der Waals surface area contributed by atoms with E-state index >= 15 is 0 Å². The van der Waals surface area contributed by atoms with E-state index in [1.165, 1.54) is 64.2 Å². The van der Waals surface area contributed by atoms with Crippen LogP contribution in [0.25, 0.3) is 0 Å². The molecule has 0 saturated carbocycles. The van der Waals surface area contributed by atoms with Crippen LogP contribution in [0.3, 0.4) is 0 Å². The van der Waals surface area contributed by atoms with Gasteiger partial charge in [0.1, 0.15) is 0 Å². The molecule has 0 atom stereocenters.